The molecule has 0 aromatic heterocycles. The average Bonchev–Trinajstić information content (AvgIpc) is 2.90. The Bertz CT molecular complexity index is 1400. The lowest BCUT2D eigenvalue weighted by Gasteiger charge is -2.45. The molecule has 0 heterocycles. The van der Waals surface area contributed by atoms with Gasteiger partial charge in [0.05, 0.1) is 11.5 Å². The van der Waals surface area contributed by atoms with Gasteiger partial charge in [0.15, 0.2) is 6.61 Å². The van der Waals surface area contributed by atoms with Gasteiger partial charge in [0.25, 0.3) is 10.1 Å². The second-order valence-electron chi connectivity index (χ2n) is 9.96. The molecular formula is C29H28O6S. The lowest BCUT2D eigenvalue weighted by molar-refractivity contribution is -0.147. The second-order valence-corrected chi connectivity index (χ2v) is 11.3. The number of benzene rings is 3. The highest BCUT2D eigenvalue weighted by Crippen LogP contribution is 2.55. The predicted octanol–water partition coefficient (Wildman–Crippen LogP) is 5.03. The van der Waals surface area contributed by atoms with Gasteiger partial charge in [-0.15, -0.1) is 0 Å². The lowest BCUT2D eigenvalue weighted by Crippen LogP contribution is -2.35. The summed E-state index contributed by atoms with van der Waals surface area (Å²) < 4.78 is 44.6. The summed E-state index contributed by atoms with van der Waals surface area (Å²) in [5.74, 6) is 0.756. The Morgan fingerprint density at radius 3 is 2.11 bits per heavy atom. The number of fused-ring (bicyclic) bond motifs is 2. The quantitative estimate of drug-likeness (QED) is 0.374. The van der Waals surface area contributed by atoms with Gasteiger partial charge in [0.1, 0.15) is 5.75 Å². The lowest BCUT2D eigenvalue weighted by atomic mass is 9.59. The summed E-state index contributed by atoms with van der Waals surface area (Å²) >= 11 is 0. The van der Waals surface area contributed by atoms with Crippen molar-refractivity contribution >= 4 is 16.1 Å². The first-order valence-electron chi connectivity index (χ1n) is 12.5. The molecule has 0 saturated carbocycles. The molecule has 186 valence electrons. The normalized spacial score (nSPS) is 21.8. The van der Waals surface area contributed by atoms with E-state index >= 15 is 0 Å². The first-order chi connectivity index (χ1) is 17.4. The van der Waals surface area contributed by atoms with Crippen molar-refractivity contribution in [2.75, 3.05) is 13.2 Å². The minimum Gasteiger partial charge on any atom is -0.482 e. The van der Waals surface area contributed by atoms with Crippen LogP contribution in [-0.2, 0) is 32.5 Å². The monoisotopic (exact) mass is 504 g/mol. The zero-order valence-corrected chi connectivity index (χ0v) is 20.7. The molecule has 0 radical (unpaired) electrons. The smallest absolute Gasteiger partial charge is 0.344 e. The summed E-state index contributed by atoms with van der Waals surface area (Å²) in [4.78, 5) is 12.6. The van der Waals surface area contributed by atoms with E-state index in [0.29, 0.717) is 36.7 Å². The number of rotatable bonds is 6. The van der Waals surface area contributed by atoms with E-state index in [9.17, 15) is 17.8 Å². The van der Waals surface area contributed by atoms with Crippen LogP contribution in [0.1, 0.15) is 64.5 Å². The Balaban J connectivity index is 1.15. The van der Waals surface area contributed by atoms with E-state index in [4.69, 9.17) is 9.47 Å². The molecule has 3 aromatic rings. The van der Waals surface area contributed by atoms with E-state index in [-0.39, 0.29) is 23.3 Å². The fraction of sp³-hybridized carbons (Fsp3) is 0.345. The van der Waals surface area contributed by atoms with Gasteiger partial charge in [-0.05, 0) is 77.6 Å². The highest BCUT2D eigenvalue weighted by atomic mass is 32.2. The minimum atomic E-state index is -4.31. The van der Waals surface area contributed by atoms with Crippen LogP contribution in [0.4, 0.5) is 0 Å². The van der Waals surface area contributed by atoms with E-state index < -0.39 is 16.1 Å². The molecule has 0 amide bonds. The van der Waals surface area contributed by atoms with Gasteiger partial charge in [-0.25, -0.2) is 4.79 Å². The predicted molar refractivity (Wildman–Crippen MR) is 134 cm³/mol. The third kappa shape index (κ3) is 4.00. The van der Waals surface area contributed by atoms with Crippen molar-refractivity contribution in [2.24, 2.45) is 5.92 Å². The number of carbonyl (C=O) groups is 1. The molecule has 6 nitrogen and oxygen atoms in total. The Morgan fingerprint density at radius 2 is 1.47 bits per heavy atom. The van der Waals surface area contributed by atoms with Crippen molar-refractivity contribution in [2.45, 2.75) is 48.8 Å². The molecule has 0 saturated heterocycles. The molecule has 4 aliphatic carbocycles. The molecule has 2 bridgehead atoms. The molecule has 1 N–H and O–H groups in total. The van der Waals surface area contributed by atoms with Crippen LogP contribution in [0.15, 0.2) is 65.6 Å². The SMILES string of the molecule is O=C(COc1ccc(S(=O)(=O)O)c2c1CCCC2)OCC1CC2c3ccccc3C1c1ccccc12. The van der Waals surface area contributed by atoms with Crippen molar-refractivity contribution in [1.82, 2.24) is 0 Å². The van der Waals surface area contributed by atoms with Gasteiger partial charge in [0.2, 0.25) is 0 Å². The highest BCUT2D eigenvalue weighted by molar-refractivity contribution is 7.85. The molecule has 1 unspecified atom stereocenters. The molecule has 1 atom stereocenters. The molecule has 4 aliphatic rings. The summed E-state index contributed by atoms with van der Waals surface area (Å²) in [6.45, 7) is 0.0808. The maximum Gasteiger partial charge on any atom is 0.344 e. The summed E-state index contributed by atoms with van der Waals surface area (Å²) in [5.41, 5.74) is 6.76. The van der Waals surface area contributed by atoms with Crippen LogP contribution in [0.3, 0.4) is 0 Å². The summed E-state index contributed by atoms with van der Waals surface area (Å²) in [7, 11) is -4.31. The van der Waals surface area contributed by atoms with E-state index in [1.807, 2.05) is 0 Å². The third-order valence-electron chi connectivity index (χ3n) is 7.95. The van der Waals surface area contributed by atoms with Gasteiger partial charge < -0.3 is 9.47 Å². The van der Waals surface area contributed by atoms with Gasteiger partial charge in [0, 0.05) is 17.8 Å². The minimum absolute atomic E-state index is 0.0694. The van der Waals surface area contributed by atoms with Crippen molar-refractivity contribution in [3.05, 3.63) is 94.0 Å². The molecule has 36 heavy (non-hydrogen) atoms. The molecular weight excluding hydrogens is 476 g/mol. The topological polar surface area (TPSA) is 89.9 Å². The standard InChI is InChI=1S/C29H28O6S/c30-28(17-34-26-13-14-27(36(31,32)33)22-10-4-3-9-21(22)26)35-16-18-15-25-19-7-1-5-11-23(19)29(18)24-12-6-2-8-20(24)25/h1-2,5-8,11-14,18,25,29H,3-4,9-10,15-17H2,(H,31,32,33). The van der Waals surface area contributed by atoms with Gasteiger partial charge in [-0.3, -0.25) is 4.55 Å². The van der Waals surface area contributed by atoms with Crippen molar-refractivity contribution in [1.29, 1.82) is 0 Å². The first-order valence-corrected chi connectivity index (χ1v) is 13.9. The van der Waals surface area contributed by atoms with Crippen LogP contribution in [0.2, 0.25) is 0 Å². The fourth-order valence-electron chi connectivity index (χ4n) is 6.48. The molecule has 7 heteroatoms. The van der Waals surface area contributed by atoms with Gasteiger partial charge >= 0.3 is 5.97 Å². The summed E-state index contributed by atoms with van der Waals surface area (Å²) in [6, 6.07) is 20.0. The van der Waals surface area contributed by atoms with Crippen LogP contribution in [0, 0.1) is 5.92 Å². The Hall–Kier alpha value is -3.16. The van der Waals surface area contributed by atoms with E-state index in [2.05, 4.69) is 48.5 Å². The first kappa shape index (κ1) is 23.3. The number of hydrogen-bond acceptors (Lipinski definition) is 5. The highest BCUT2D eigenvalue weighted by Gasteiger charge is 2.43. The van der Waals surface area contributed by atoms with Gasteiger partial charge in [-0.1, -0.05) is 48.5 Å². The van der Waals surface area contributed by atoms with Crippen molar-refractivity contribution in [3.8, 4) is 5.75 Å². The van der Waals surface area contributed by atoms with Crippen LogP contribution < -0.4 is 4.74 Å². The zero-order chi connectivity index (χ0) is 24.9. The maximum atomic E-state index is 12.7. The van der Waals surface area contributed by atoms with Crippen molar-refractivity contribution in [3.63, 3.8) is 0 Å². The molecule has 0 spiro atoms. The maximum absolute atomic E-state index is 12.7. The Morgan fingerprint density at radius 1 is 0.861 bits per heavy atom. The zero-order valence-electron chi connectivity index (χ0n) is 19.9. The second kappa shape index (κ2) is 9.05. The van der Waals surface area contributed by atoms with Crippen LogP contribution >= 0.6 is 0 Å². The summed E-state index contributed by atoms with van der Waals surface area (Å²) in [5, 5.41) is 0. The fourth-order valence-corrected chi connectivity index (χ4v) is 7.26. The average molecular weight is 505 g/mol. The van der Waals surface area contributed by atoms with E-state index in [1.54, 1.807) is 0 Å². The van der Waals surface area contributed by atoms with Crippen molar-refractivity contribution < 1.29 is 27.2 Å². The molecule has 7 rings (SSSR count). The molecule has 3 aromatic carbocycles. The summed E-state index contributed by atoms with van der Waals surface area (Å²) in [6.07, 6.45) is 3.89. The largest absolute Gasteiger partial charge is 0.482 e. The van der Waals surface area contributed by atoms with Gasteiger partial charge in [-0.2, -0.15) is 8.42 Å². The molecule has 0 aliphatic heterocycles. The number of ether oxygens (including phenoxy) is 2. The van der Waals surface area contributed by atoms with Crippen LogP contribution in [0.5, 0.6) is 5.75 Å². The Labute approximate surface area is 211 Å². The Kier molecular flexibility index (Phi) is 5.85. The number of carbonyl (C=O) groups excluding carboxylic acids is 1. The number of esters is 1. The van der Waals surface area contributed by atoms with E-state index in [0.717, 1.165) is 24.8 Å². The third-order valence-corrected chi connectivity index (χ3v) is 8.89. The number of hydrogen-bond donors (Lipinski definition) is 1. The van der Waals surface area contributed by atoms with Crippen LogP contribution in [-0.4, -0.2) is 32.2 Å². The van der Waals surface area contributed by atoms with Crippen LogP contribution in [0.25, 0.3) is 0 Å². The molecule has 0 fully saturated rings. The van der Waals surface area contributed by atoms with E-state index in [1.165, 1.54) is 34.4 Å².